The molecule has 0 fully saturated rings. The minimum Gasteiger partial charge on any atom is -0.481 e. The molecule has 1 aliphatic carbocycles. The number of hydrogen-bond donors (Lipinski definition) is 3. The number of nitrogens with one attached hydrogen (secondary N) is 2. The SMILES string of the molecule is C[C@@H](CC(=O)O)NC(=O)C(NC(=O)OCC1c2ccccc2-c2ccccc21)c1ccnn1C. The van der Waals surface area contributed by atoms with Gasteiger partial charge in [-0.25, -0.2) is 4.79 Å². The Bertz CT molecular complexity index is 1180. The summed E-state index contributed by atoms with van der Waals surface area (Å²) in [5, 5.41) is 18.3. The van der Waals surface area contributed by atoms with Gasteiger partial charge in [-0.15, -0.1) is 0 Å². The molecular formula is C25H26N4O5. The van der Waals surface area contributed by atoms with Crippen LogP contribution in [0.5, 0.6) is 0 Å². The van der Waals surface area contributed by atoms with E-state index in [1.807, 2.05) is 36.4 Å². The number of aliphatic carboxylic acids is 1. The highest BCUT2D eigenvalue weighted by atomic mass is 16.5. The number of amides is 2. The Morgan fingerprint density at radius 3 is 2.21 bits per heavy atom. The maximum atomic E-state index is 12.9. The first kappa shape index (κ1) is 23.0. The molecule has 1 heterocycles. The van der Waals surface area contributed by atoms with E-state index in [1.54, 1.807) is 20.0 Å². The number of alkyl carbamates (subject to hydrolysis) is 1. The van der Waals surface area contributed by atoms with Crippen molar-refractivity contribution >= 4 is 18.0 Å². The summed E-state index contributed by atoms with van der Waals surface area (Å²) < 4.78 is 7.04. The summed E-state index contributed by atoms with van der Waals surface area (Å²) in [7, 11) is 1.65. The lowest BCUT2D eigenvalue weighted by molar-refractivity contribution is -0.137. The molecule has 2 amide bonds. The molecule has 0 radical (unpaired) electrons. The monoisotopic (exact) mass is 462 g/mol. The number of carbonyl (C=O) groups excluding carboxylic acids is 2. The minimum atomic E-state index is -1.10. The van der Waals surface area contributed by atoms with Crippen LogP contribution < -0.4 is 10.6 Å². The number of carboxylic acids is 1. The van der Waals surface area contributed by atoms with Gasteiger partial charge in [0.05, 0.1) is 12.1 Å². The van der Waals surface area contributed by atoms with Crippen molar-refractivity contribution < 1.29 is 24.2 Å². The van der Waals surface area contributed by atoms with E-state index in [9.17, 15) is 14.4 Å². The largest absolute Gasteiger partial charge is 0.481 e. The lowest BCUT2D eigenvalue weighted by Gasteiger charge is -2.21. The van der Waals surface area contributed by atoms with E-state index in [1.165, 1.54) is 10.9 Å². The maximum absolute atomic E-state index is 12.9. The second-order valence-corrected chi connectivity index (χ2v) is 8.29. The number of aromatic nitrogens is 2. The Labute approximate surface area is 196 Å². The van der Waals surface area contributed by atoms with Crippen LogP contribution in [0.2, 0.25) is 0 Å². The molecule has 9 nitrogen and oxygen atoms in total. The molecule has 3 N–H and O–H groups in total. The van der Waals surface area contributed by atoms with Crippen LogP contribution in [0.25, 0.3) is 11.1 Å². The summed E-state index contributed by atoms with van der Waals surface area (Å²) in [5.41, 5.74) is 4.84. The third kappa shape index (κ3) is 4.78. The summed E-state index contributed by atoms with van der Waals surface area (Å²) in [6, 6.07) is 15.9. The van der Waals surface area contributed by atoms with Gasteiger partial charge in [0.1, 0.15) is 6.61 Å². The van der Waals surface area contributed by atoms with Crippen LogP contribution in [-0.2, 0) is 21.4 Å². The fourth-order valence-corrected chi connectivity index (χ4v) is 4.34. The maximum Gasteiger partial charge on any atom is 0.408 e. The average molecular weight is 463 g/mol. The fraction of sp³-hybridized carbons (Fsp3) is 0.280. The number of fused-ring (bicyclic) bond motifs is 3. The Hall–Kier alpha value is -4.14. The fourth-order valence-electron chi connectivity index (χ4n) is 4.34. The molecule has 0 aliphatic heterocycles. The van der Waals surface area contributed by atoms with E-state index in [0.717, 1.165) is 22.3 Å². The molecule has 0 saturated carbocycles. The number of ether oxygens (including phenoxy) is 1. The average Bonchev–Trinajstić information content (AvgIpc) is 3.36. The van der Waals surface area contributed by atoms with Gasteiger partial charge in [-0.05, 0) is 35.2 Å². The highest BCUT2D eigenvalue weighted by molar-refractivity contribution is 5.87. The molecule has 0 spiro atoms. The van der Waals surface area contributed by atoms with Gasteiger partial charge in [0.2, 0.25) is 5.91 Å². The highest BCUT2D eigenvalue weighted by Gasteiger charge is 2.31. The van der Waals surface area contributed by atoms with Gasteiger partial charge in [0.25, 0.3) is 0 Å². The third-order valence-electron chi connectivity index (χ3n) is 5.89. The lowest BCUT2D eigenvalue weighted by Crippen LogP contribution is -2.45. The smallest absolute Gasteiger partial charge is 0.408 e. The van der Waals surface area contributed by atoms with Crippen molar-refractivity contribution in [1.29, 1.82) is 0 Å². The number of hydrogen-bond acceptors (Lipinski definition) is 5. The van der Waals surface area contributed by atoms with Crippen molar-refractivity contribution in [3.63, 3.8) is 0 Å². The second-order valence-electron chi connectivity index (χ2n) is 8.29. The first-order chi connectivity index (χ1) is 16.3. The first-order valence-electron chi connectivity index (χ1n) is 11.0. The van der Waals surface area contributed by atoms with Crippen LogP contribution in [0.3, 0.4) is 0 Å². The zero-order valence-corrected chi connectivity index (χ0v) is 18.9. The molecule has 0 saturated heterocycles. The topological polar surface area (TPSA) is 123 Å². The van der Waals surface area contributed by atoms with Crippen molar-refractivity contribution in [2.24, 2.45) is 7.05 Å². The highest BCUT2D eigenvalue weighted by Crippen LogP contribution is 2.44. The number of carbonyl (C=O) groups is 3. The van der Waals surface area contributed by atoms with Gasteiger partial charge in [-0.2, -0.15) is 5.10 Å². The number of carboxylic acid groups (broad SMARTS) is 1. The molecule has 4 rings (SSSR count). The minimum absolute atomic E-state index is 0.106. The Kier molecular flexibility index (Phi) is 6.62. The van der Waals surface area contributed by atoms with Crippen LogP contribution in [-0.4, -0.2) is 45.5 Å². The van der Waals surface area contributed by atoms with Crippen molar-refractivity contribution in [1.82, 2.24) is 20.4 Å². The van der Waals surface area contributed by atoms with Crippen LogP contribution in [0.15, 0.2) is 60.8 Å². The molecule has 1 aromatic heterocycles. The number of aryl methyl sites for hydroxylation is 1. The third-order valence-corrected chi connectivity index (χ3v) is 5.89. The predicted molar refractivity (Wildman–Crippen MR) is 124 cm³/mol. The lowest BCUT2D eigenvalue weighted by atomic mass is 9.98. The van der Waals surface area contributed by atoms with Crippen molar-refractivity contribution in [2.45, 2.75) is 31.3 Å². The van der Waals surface area contributed by atoms with Gasteiger partial charge in [0.15, 0.2) is 6.04 Å². The van der Waals surface area contributed by atoms with Crippen molar-refractivity contribution in [3.8, 4) is 11.1 Å². The van der Waals surface area contributed by atoms with Crippen LogP contribution in [0.4, 0.5) is 4.79 Å². The molecule has 1 aliphatic rings. The van der Waals surface area contributed by atoms with E-state index in [-0.39, 0.29) is 18.9 Å². The Balaban J connectivity index is 1.47. The summed E-state index contributed by atoms with van der Waals surface area (Å²) in [4.78, 5) is 36.6. The van der Waals surface area contributed by atoms with E-state index >= 15 is 0 Å². The van der Waals surface area contributed by atoms with Crippen molar-refractivity contribution in [3.05, 3.63) is 77.6 Å². The molecule has 34 heavy (non-hydrogen) atoms. The molecule has 176 valence electrons. The molecule has 1 unspecified atom stereocenters. The first-order valence-corrected chi connectivity index (χ1v) is 11.0. The van der Waals surface area contributed by atoms with Crippen LogP contribution >= 0.6 is 0 Å². The number of rotatable bonds is 8. The molecule has 0 bridgehead atoms. The second kappa shape index (κ2) is 9.78. The van der Waals surface area contributed by atoms with Gasteiger partial charge >= 0.3 is 12.1 Å². The Morgan fingerprint density at radius 1 is 1.03 bits per heavy atom. The molecule has 2 aromatic carbocycles. The summed E-state index contributed by atoms with van der Waals surface area (Å²) >= 11 is 0. The van der Waals surface area contributed by atoms with Gasteiger partial charge in [0, 0.05) is 25.2 Å². The van der Waals surface area contributed by atoms with Gasteiger partial charge in [-0.1, -0.05) is 48.5 Å². The zero-order chi connectivity index (χ0) is 24.2. The zero-order valence-electron chi connectivity index (χ0n) is 18.9. The van der Waals surface area contributed by atoms with Crippen molar-refractivity contribution in [2.75, 3.05) is 6.61 Å². The van der Waals surface area contributed by atoms with Crippen LogP contribution in [0, 0.1) is 0 Å². The normalized spacial score (nSPS) is 13.9. The molecular weight excluding hydrogens is 436 g/mol. The van der Waals surface area contributed by atoms with E-state index in [0.29, 0.717) is 5.69 Å². The summed E-state index contributed by atoms with van der Waals surface area (Å²) in [6.07, 6.45) is 0.513. The van der Waals surface area contributed by atoms with Gasteiger partial charge in [-0.3, -0.25) is 14.3 Å². The quantitative estimate of drug-likeness (QED) is 0.473. The predicted octanol–water partition coefficient (Wildman–Crippen LogP) is 2.98. The van der Waals surface area contributed by atoms with E-state index in [4.69, 9.17) is 9.84 Å². The van der Waals surface area contributed by atoms with Gasteiger partial charge < -0.3 is 20.5 Å². The standard InChI is InChI=1S/C25H26N4O5/c1-15(13-22(30)31)27-24(32)23(21-11-12-26-29(21)2)28-25(33)34-14-20-18-9-5-3-7-16(18)17-8-4-6-10-19(17)20/h3-12,15,20,23H,13-14H2,1-2H3,(H,27,32)(H,28,33)(H,30,31)/t15-,23?/m0/s1. The summed E-state index contributed by atoms with van der Waals surface area (Å²) in [5.74, 6) is -1.70. The van der Waals surface area contributed by atoms with E-state index in [2.05, 4.69) is 27.9 Å². The molecule has 2 atom stereocenters. The van der Waals surface area contributed by atoms with E-state index < -0.39 is 30.1 Å². The van der Waals surface area contributed by atoms with Crippen LogP contribution in [0.1, 0.15) is 42.1 Å². The Morgan fingerprint density at radius 2 is 1.65 bits per heavy atom. The molecule has 3 aromatic rings. The summed E-state index contributed by atoms with van der Waals surface area (Å²) in [6.45, 7) is 1.69. The number of nitrogens with zero attached hydrogens (tertiary/aromatic N) is 2. The number of benzene rings is 2. The molecule has 9 heteroatoms.